The lowest BCUT2D eigenvalue weighted by Gasteiger charge is -2.21. The third-order valence-electron chi connectivity index (χ3n) is 2.88. The second-order valence-corrected chi connectivity index (χ2v) is 4.82. The van der Waals surface area contributed by atoms with Crippen LogP contribution in [-0.4, -0.2) is 34.6 Å². The first-order chi connectivity index (χ1) is 9.08. The van der Waals surface area contributed by atoms with Crippen molar-refractivity contribution in [2.24, 2.45) is 0 Å². The highest BCUT2D eigenvalue weighted by Gasteiger charge is 2.16. The largest absolute Gasteiger partial charge is 0.395 e. The Balaban J connectivity index is 2.87. The standard InChI is InChI=1S/C13H19ClN2O3/c1-2-3-6-15(7-8-17)10-11-9-12(14)4-5-13(11)16(18)19/h4-5,9,17H,2-3,6-8,10H2,1H3. The number of nitro benzene ring substituents is 1. The van der Waals surface area contributed by atoms with Crippen LogP contribution in [-0.2, 0) is 6.54 Å². The molecule has 0 aliphatic carbocycles. The molecule has 0 saturated carbocycles. The molecule has 1 N–H and O–H groups in total. The first kappa shape index (κ1) is 15.9. The van der Waals surface area contributed by atoms with E-state index < -0.39 is 4.92 Å². The molecular weight excluding hydrogens is 268 g/mol. The fourth-order valence-electron chi connectivity index (χ4n) is 1.89. The maximum Gasteiger partial charge on any atom is 0.273 e. The van der Waals surface area contributed by atoms with Crippen molar-refractivity contribution in [1.29, 1.82) is 0 Å². The highest BCUT2D eigenvalue weighted by molar-refractivity contribution is 6.30. The summed E-state index contributed by atoms with van der Waals surface area (Å²) in [6, 6.07) is 4.57. The van der Waals surface area contributed by atoms with Gasteiger partial charge in [0.2, 0.25) is 0 Å². The Labute approximate surface area is 117 Å². The molecule has 0 aliphatic rings. The Bertz CT molecular complexity index is 426. The van der Waals surface area contributed by atoms with E-state index in [9.17, 15) is 10.1 Å². The maximum atomic E-state index is 11.0. The molecular formula is C13H19ClN2O3. The Morgan fingerprint density at radius 1 is 1.42 bits per heavy atom. The minimum atomic E-state index is -0.400. The summed E-state index contributed by atoms with van der Waals surface area (Å²) in [6.45, 7) is 3.86. The first-order valence-corrected chi connectivity index (χ1v) is 6.72. The van der Waals surface area contributed by atoms with Crippen LogP contribution in [0.3, 0.4) is 0 Å². The number of nitrogens with zero attached hydrogens (tertiary/aromatic N) is 2. The second-order valence-electron chi connectivity index (χ2n) is 4.38. The van der Waals surface area contributed by atoms with E-state index in [2.05, 4.69) is 6.92 Å². The SMILES string of the molecule is CCCCN(CCO)Cc1cc(Cl)ccc1[N+](=O)[O-]. The van der Waals surface area contributed by atoms with Gasteiger partial charge in [0.05, 0.1) is 11.5 Å². The van der Waals surface area contributed by atoms with Crippen molar-refractivity contribution >= 4 is 17.3 Å². The van der Waals surface area contributed by atoms with Gasteiger partial charge in [-0.3, -0.25) is 15.0 Å². The molecule has 0 spiro atoms. The molecule has 0 saturated heterocycles. The molecule has 1 aromatic carbocycles. The van der Waals surface area contributed by atoms with Crippen LogP contribution < -0.4 is 0 Å². The monoisotopic (exact) mass is 286 g/mol. The maximum absolute atomic E-state index is 11.0. The van der Waals surface area contributed by atoms with E-state index in [1.165, 1.54) is 12.1 Å². The number of nitro groups is 1. The number of rotatable bonds is 8. The van der Waals surface area contributed by atoms with E-state index >= 15 is 0 Å². The number of hydrogen-bond acceptors (Lipinski definition) is 4. The molecule has 0 aliphatic heterocycles. The van der Waals surface area contributed by atoms with Crippen molar-refractivity contribution in [3.8, 4) is 0 Å². The van der Waals surface area contributed by atoms with Crippen LogP contribution in [0.15, 0.2) is 18.2 Å². The van der Waals surface area contributed by atoms with Crippen molar-refractivity contribution in [2.75, 3.05) is 19.7 Å². The van der Waals surface area contributed by atoms with Gasteiger partial charge in [0.1, 0.15) is 0 Å². The average Bonchev–Trinajstić information content (AvgIpc) is 2.36. The molecule has 1 rings (SSSR count). The van der Waals surface area contributed by atoms with Gasteiger partial charge in [0, 0.05) is 29.7 Å². The van der Waals surface area contributed by atoms with Gasteiger partial charge < -0.3 is 5.11 Å². The molecule has 5 nitrogen and oxygen atoms in total. The van der Waals surface area contributed by atoms with Crippen LogP contribution in [0.1, 0.15) is 25.3 Å². The lowest BCUT2D eigenvalue weighted by molar-refractivity contribution is -0.385. The Morgan fingerprint density at radius 2 is 2.16 bits per heavy atom. The summed E-state index contributed by atoms with van der Waals surface area (Å²) in [6.07, 6.45) is 2.04. The van der Waals surface area contributed by atoms with Crippen LogP contribution in [0.4, 0.5) is 5.69 Å². The molecule has 0 radical (unpaired) electrons. The molecule has 1 aromatic rings. The van der Waals surface area contributed by atoms with Gasteiger partial charge in [0.15, 0.2) is 0 Å². The molecule has 0 unspecified atom stereocenters. The lowest BCUT2D eigenvalue weighted by Crippen LogP contribution is -2.27. The molecule has 6 heteroatoms. The number of unbranched alkanes of at least 4 members (excludes halogenated alkanes) is 1. The van der Waals surface area contributed by atoms with E-state index in [-0.39, 0.29) is 12.3 Å². The summed E-state index contributed by atoms with van der Waals surface area (Å²) in [5.41, 5.74) is 0.658. The van der Waals surface area contributed by atoms with Gasteiger partial charge in [-0.1, -0.05) is 24.9 Å². The minimum absolute atomic E-state index is 0.0398. The Kier molecular flexibility index (Phi) is 6.77. The zero-order chi connectivity index (χ0) is 14.3. The quantitative estimate of drug-likeness (QED) is 0.589. The number of halogens is 1. The summed E-state index contributed by atoms with van der Waals surface area (Å²) >= 11 is 5.90. The van der Waals surface area contributed by atoms with Gasteiger partial charge in [-0.05, 0) is 25.1 Å². The highest BCUT2D eigenvalue weighted by Crippen LogP contribution is 2.24. The number of aliphatic hydroxyl groups excluding tert-OH is 1. The highest BCUT2D eigenvalue weighted by atomic mass is 35.5. The van der Waals surface area contributed by atoms with Crippen molar-refractivity contribution in [3.05, 3.63) is 38.9 Å². The van der Waals surface area contributed by atoms with E-state index in [4.69, 9.17) is 16.7 Å². The zero-order valence-corrected chi connectivity index (χ0v) is 11.8. The summed E-state index contributed by atoms with van der Waals surface area (Å²) in [7, 11) is 0. The summed E-state index contributed by atoms with van der Waals surface area (Å²) in [5, 5.41) is 20.5. The number of aliphatic hydroxyl groups is 1. The fraction of sp³-hybridized carbons (Fsp3) is 0.538. The third kappa shape index (κ3) is 5.14. The van der Waals surface area contributed by atoms with E-state index in [1.54, 1.807) is 6.07 Å². The third-order valence-corrected chi connectivity index (χ3v) is 3.11. The van der Waals surface area contributed by atoms with Crippen LogP contribution in [0.2, 0.25) is 5.02 Å². The predicted octanol–water partition coefficient (Wildman–Crippen LogP) is 2.84. The zero-order valence-electron chi connectivity index (χ0n) is 11.0. The molecule has 0 atom stereocenters. The summed E-state index contributed by atoms with van der Waals surface area (Å²) < 4.78 is 0. The second kappa shape index (κ2) is 8.09. The van der Waals surface area contributed by atoms with Gasteiger partial charge in [-0.25, -0.2) is 0 Å². The molecule has 19 heavy (non-hydrogen) atoms. The van der Waals surface area contributed by atoms with E-state index in [1.807, 2.05) is 4.90 Å². The normalized spacial score (nSPS) is 10.9. The number of benzene rings is 1. The van der Waals surface area contributed by atoms with Crippen molar-refractivity contribution in [3.63, 3.8) is 0 Å². The minimum Gasteiger partial charge on any atom is -0.395 e. The van der Waals surface area contributed by atoms with Gasteiger partial charge >= 0.3 is 0 Å². The van der Waals surface area contributed by atoms with Gasteiger partial charge in [0.25, 0.3) is 5.69 Å². The summed E-state index contributed by atoms with van der Waals surface area (Å²) in [5.74, 6) is 0. The Hall–Kier alpha value is -1.17. The lowest BCUT2D eigenvalue weighted by atomic mass is 10.1. The van der Waals surface area contributed by atoms with Crippen molar-refractivity contribution in [2.45, 2.75) is 26.3 Å². The van der Waals surface area contributed by atoms with E-state index in [0.29, 0.717) is 23.7 Å². The average molecular weight is 287 g/mol. The molecule has 0 amide bonds. The first-order valence-electron chi connectivity index (χ1n) is 6.34. The van der Waals surface area contributed by atoms with Crippen LogP contribution in [0.25, 0.3) is 0 Å². The molecule has 0 bridgehead atoms. The van der Waals surface area contributed by atoms with E-state index in [0.717, 1.165) is 19.4 Å². The van der Waals surface area contributed by atoms with Gasteiger partial charge in [-0.15, -0.1) is 0 Å². The van der Waals surface area contributed by atoms with Crippen LogP contribution >= 0.6 is 11.6 Å². The predicted molar refractivity (Wildman–Crippen MR) is 75.4 cm³/mol. The Morgan fingerprint density at radius 3 is 2.74 bits per heavy atom. The van der Waals surface area contributed by atoms with Gasteiger partial charge in [-0.2, -0.15) is 0 Å². The number of hydrogen-bond donors (Lipinski definition) is 1. The molecule has 0 heterocycles. The summed E-state index contributed by atoms with van der Waals surface area (Å²) in [4.78, 5) is 12.6. The topological polar surface area (TPSA) is 66.6 Å². The fourth-order valence-corrected chi connectivity index (χ4v) is 2.09. The van der Waals surface area contributed by atoms with Crippen LogP contribution in [0, 0.1) is 10.1 Å². The molecule has 0 fully saturated rings. The van der Waals surface area contributed by atoms with Crippen LogP contribution in [0.5, 0.6) is 0 Å². The molecule has 106 valence electrons. The van der Waals surface area contributed by atoms with Crippen molar-refractivity contribution < 1.29 is 10.0 Å². The molecule has 0 aromatic heterocycles. The smallest absolute Gasteiger partial charge is 0.273 e. The van der Waals surface area contributed by atoms with Crippen molar-refractivity contribution in [1.82, 2.24) is 4.90 Å².